The van der Waals surface area contributed by atoms with Crippen LogP contribution in [0.4, 0.5) is 17.6 Å². The molecule has 0 amide bonds. The molecule has 0 rings (SSSR count). The van der Waals surface area contributed by atoms with Gasteiger partial charge in [0, 0.05) is 12.8 Å². The molecule has 0 aliphatic rings. The van der Waals surface area contributed by atoms with Crippen molar-refractivity contribution in [3.63, 3.8) is 0 Å². The molecule has 0 radical (unpaired) electrons. The Bertz CT molecular complexity index is 88.8. The first-order valence-electron chi connectivity index (χ1n) is 2.34. The molecule has 0 aromatic carbocycles. The van der Waals surface area contributed by atoms with Gasteiger partial charge in [-0.2, -0.15) is 13.2 Å². The van der Waals surface area contributed by atoms with Crippen molar-refractivity contribution >= 4 is 23.2 Å². The number of alkyl halides is 6. The second kappa shape index (κ2) is 3.13. The van der Waals surface area contributed by atoms with E-state index >= 15 is 0 Å². The van der Waals surface area contributed by atoms with E-state index in [4.69, 9.17) is 0 Å². The van der Waals surface area contributed by atoms with Gasteiger partial charge in [-0.3, -0.25) is 0 Å². The molecule has 10 heavy (non-hydrogen) atoms. The van der Waals surface area contributed by atoms with Gasteiger partial charge in [-0.05, 0) is 0 Å². The molecule has 0 saturated heterocycles. The molecular weight excluding hydrogens is 195 g/mol. The lowest BCUT2D eigenvalue weighted by Gasteiger charge is -2.10. The molecule has 0 aliphatic heterocycles. The van der Waals surface area contributed by atoms with E-state index in [-0.39, 0.29) is 0 Å². The van der Waals surface area contributed by atoms with E-state index in [1.165, 1.54) is 0 Å². The van der Waals surface area contributed by atoms with Gasteiger partial charge >= 0.3 is 6.18 Å². The van der Waals surface area contributed by atoms with Gasteiger partial charge in [-0.1, -0.05) is 23.2 Å². The fraction of sp³-hybridized carbons (Fsp3) is 1.00. The minimum Gasteiger partial charge on any atom is -0.208 e. The Balaban J connectivity index is 3.56. The maximum absolute atomic E-state index is 12.0. The van der Waals surface area contributed by atoms with Crippen molar-refractivity contribution in [3.8, 4) is 0 Å². The second-order valence-electron chi connectivity index (χ2n) is 1.73. The Morgan fingerprint density at radius 2 is 1.30 bits per heavy atom. The predicted octanol–water partition coefficient (Wildman–Crippen LogP) is 3.43. The minimum absolute atomic E-state index is 0.931. The molecule has 0 aromatic rings. The number of hydrogen-bond acceptors (Lipinski definition) is 0. The molecular formula is C4H4Cl2F4. The Labute approximate surface area is 65.1 Å². The van der Waals surface area contributed by atoms with E-state index in [1.54, 1.807) is 0 Å². The first-order chi connectivity index (χ1) is 4.21. The summed E-state index contributed by atoms with van der Waals surface area (Å²) >= 11 is 9.28. The van der Waals surface area contributed by atoms with E-state index < -0.39 is 23.6 Å². The average Bonchev–Trinajstić information content (AvgIpc) is 1.57. The van der Waals surface area contributed by atoms with Gasteiger partial charge in [-0.15, -0.1) is 0 Å². The van der Waals surface area contributed by atoms with Crippen LogP contribution in [0.5, 0.6) is 0 Å². The third kappa shape index (κ3) is 8.30. The standard InChI is InChI=1S/C4H4Cl2F4/c5-3(6,7)1-2-4(8,9)10/h1-2H2. The molecule has 62 valence electrons. The molecule has 0 saturated carbocycles. The van der Waals surface area contributed by atoms with Gasteiger partial charge in [0.2, 0.25) is 0 Å². The van der Waals surface area contributed by atoms with Crippen LogP contribution in [0.2, 0.25) is 0 Å². The fourth-order valence-electron chi connectivity index (χ4n) is 0.283. The minimum atomic E-state index is -4.40. The van der Waals surface area contributed by atoms with Crippen LogP contribution in [-0.4, -0.2) is 10.8 Å². The Kier molecular flexibility index (Phi) is 3.23. The van der Waals surface area contributed by atoms with Crippen molar-refractivity contribution in [2.24, 2.45) is 0 Å². The molecule has 0 aliphatic carbocycles. The molecule has 0 nitrogen and oxygen atoms in total. The summed E-state index contributed by atoms with van der Waals surface area (Å²) in [6.07, 6.45) is -6.64. The molecule has 0 unspecified atom stereocenters. The first-order valence-corrected chi connectivity index (χ1v) is 3.10. The number of halogens is 6. The van der Waals surface area contributed by atoms with E-state index in [9.17, 15) is 17.6 Å². The van der Waals surface area contributed by atoms with Crippen LogP contribution in [0, 0.1) is 0 Å². The van der Waals surface area contributed by atoms with Gasteiger partial charge < -0.3 is 0 Å². The van der Waals surface area contributed by atoms with E-state index in [0.717, 1.165) is 0 Å². The lowest BCUT2D eigenvalue weighted by molar-refractivity contribution is -0.137. The van der Waals surface area contributed by atoms with Crippen molar-refractivity contribution in [1.29, 1.82) is 0 Å². The van der Waals surface area contributed by atoms with Crippen molar-refractivity contribution < 1.29 is 17.6 Å². The molecule has 6 heteroatoms. The number of hydrogen-bond donors (Lipinski definition) is 0. The molecule has 0 bridgehead atoms. The fourth-order valence-corrected chi connectivity index (χ4v) is 0.472. The van der Waals surface area contributed by atoms with Crippen molar-refractivity contribution in [3.05, 3.63) is 0 Å². The van der Waals surface area contributed by atoms with Crippen LogP contribution >= 0.6 is 23.2 Å². The van der Waals surface area contributed by atoms with Crippen LogP contribution in [-0.2, 0) is 0 Å². The van der Waals surface area contributed by atoms with Gasteiger partial charge in [0.25, 0.3) is 4.59 Å². The Hall–Kier alpha value is 0.300. The average molecular weight is 199 g/mol. The SMILES string of the molecule is FC(F)(F)CCC(F)(Cl)Cl. The highest BCUT2D eigenvalue weighted by atomic mass is 35.5. The third-order valence-corrected chi connectivity index (χ3v) is 1.07. The van der Waals surface area contributed by atoms with Crippen LogP contribution < -0.4 is 0 Å². The lowest BCUT2D eigenvalue weighted by Crippen LogP contribution is -2.13. The first kappa shape index (κ1) is 10.3. The van der Waals surface area contributed by atoms with Crippen molar-refractivity contribution in [2.75, 3.05) is 0 Å². The lowest BCUT2D eigenvalue weighted by atomic mass is 10.3. The molecule has 0 N–H and O–H groups in total. The normalized spacial score (nSPS) is 13.8. The molecule has 0 fully saturated rings. The highest BCUT2D eigenvalue weighted by Crippen LogP contribution is 2.33. The molecule has 0 spiro atoms. The quantitative estimate of drug-likeness (QED) is 0.472. The summed E-state index contributed by atoms with van der Waals surface area (Å²) in [5.74, 6) is 0. The zero-order chi connectivity index (χ0) is 8.41. The van der Waals surface area contributed by atoms with E-state index in [1.807, 2.05) is 0 Å². The van der Waals surface area contributed by atoms with Crippen molar-refractivity contribution in [1.82, 2.24) is 0 Å². The molecule has 0 heterocycles. The summed E-state index contributed by atoms with van der Waals surface area (Å²) in [4.78, 5) is 0. The van der Waals surface area contributed by atoms with E-state index in [0.29, 0.717) is 0 Å². The zero-order valence-corrected chi connectivity index (χ0v) is 6.19. The zero-order valence-electron chi connectivity index (χ0n) is 4.68. The summed E-state index contributed by atoms with van der Waals surface area (Å²) in [7, 11) is 0. The number of rotatable bonds is 2. The summed E-state index contributed by atoms with van der Waals surface area (Å²) in [5.41, 5.74) is 0. The largest absolute Gasteiger partial charge is 0.389 e. The maximum atomic E-state index is 12.0. The highest BCUT2D eigenvalue weighted by Gasteiger charge is 2.33. The molecule has 0 aromatic heterocycles. The molecule has 0 atom stereocenters. The summed E-state index contributed by atoms with van der Waals surface area (Å²) in [6, 6.07) is 0. The van der Waals surface area contributed by atoms with Gasteiger partial charge in [0.05, 0.1) is 0 Å². The summed E-state index contributed by atoms with van der Waals surface area (Å²) in [6.45, 7) is 0. The monoisotopic (exact) mass is 198 g/mol. The smallest absolute Gasteiger partial charge is 0.208 e. The van der Waals surface area contributed by atoms with Crippen LogP contribution in [0.3, 0.4) is 0 Å². The predicted molar refractivity (Wildman–Crippen MR) is 30.8 cm³/mol. The topological polar surface area (TPSA) is 0 Å². The van der Waals surface area contributed by atoms with Crippen LogP contribution in [0.25, 0.3) is 0 Å². The van der Waals surface area contributed by atoms with Crippen LogP contribution in [0.1, 0.15) is 12.8 Å². The highest BCUT2D eigenvalue weighted by molar-refractivity contribution is 6.47. The van der Waals surface area contributed by atoms with Gasteiger partial charge in [0.1, 0.15) is 0 Å². The Morgan fingerprint density at radius 1 is 0.900 bits per heavy atom. The van der Waals surface area contributed by atoms with Crippen molar-refractivity contribution in [2.45, 2.75) is 23.6 Å². The second-order valence-corrected chi connectivity index (χ2v) is 3.12. The van der Waals surface area contributed by atoms with Gasteiger partial charge in [0.15, 0.2) is 0 Å². The summed E-state index contributed by atoms with van der Waals surface area (Å²) in [5, 5.41) is 0. The van der Waals surface area contributed by atoms with E-state index in [2.05, 4.69) is 23.2 Å². The van der Waals surface area contributed by atoms with Gasteiger partial charge in [-0.25, -0.2) is 4.39 Å². The maximum Gasteiger partial charge on any atom is 0.389 e. The van der Waals surface area contributed by atoms with Crippen LogP contribution in [0.15, 0.2) is 0 Å². The summed E-state index contributed by atoms with van der Waals surface area (Å²) < 4.78 is 43.1. The Morgan fingerprint density at radius 3 is 1.40 bits per heavy atom. The third-order valence-electron chi connectivity index (χ3n) is 0.692.